The summed E-state index contributed by atoms with van der Waals surface area (Å²) in [6, 6.07) is 12.7. The van der Waals surface area contributed by atoms with Crippen LogP contribution in [0.4, 0.5) is 0 Å². The van der Waals surface area contributed by atoms with Crippen molar-refractivity contribution in [3.8, 4) is 0 Å². The molecule has 92 valence electrons. The van der Waals surface area contributed by atoms with Gasteiger partial charge in [0.05, 0.1) is 21.8 Å². The highest BCUT2D eigenvalue weighted by molar-refractivity contribution is 9.10. The molecule has 5 heteroatoms. The second-order valence-corrected chi connectivity index (χ2v) is 5.33. The van der Waals surface area contributed by atoms with E-state index < -0.39 is 0 Å². The fraction of sp³-hybridized carbons (Fsp3) is 0. The first kappa shape index (κ1) is 10.8. The van der Waals surface area contributed by atoms with Crippen LogP contribution in [0.1, 0.15) is 0 Å². The minimum atomic E-state index is -0.280. The molecule has 0 amide bonds. The van der Waals surface area contributed by atoms with E-state index in [4.69, 9.17) is 0 Å². The molecule has 0 saturated carbocycles. The molecule has 0 aliphatic heterocycles. The molecular formula is C14H7BrN2O2. The van der Waals surface area contributed by atoms with Gasteiger partial charge < -0.3 is 0 Å². The molecule has 0 spiro atoms. The maximum atomic E-state index is 12.4. The Bertz CT molecular complexity index is 1060. The molecule has 4 aromatic rings. The topological polar surface area (TPSA) is 43.0 Å². The van der Waals surface area contributed by atoms with E-state index >= 15 is 0 Å². The number of benzene rings is 2. The lowest BCUT2D eigenvalue weighted by atomic mass is 10.2. The standard InChI is InChI=1S/C14H7BrN2O2/c15-8-5-6-12-10(7-8)14(19)17-13(18)9-3-1-2-4-11(9)16(12)17/h1-7H. The van der Waals surface area contributed by atoms with Crippen LogP contribution in [0.3, 0.4) is 0 Å². The minimum Gasteiger partial charge on any atom is -0.267 e. The third-order valence-electron chi connectivity index (χ3n) is 3.36. The molecule has 0 saturated heterocycles. The van der Waals surface area contributed by atoms with Gasteiger partial charge in [-0.1, -0.05) is 28.1 Å². The Morgan fingerprint density at radius 3 is 2.32 bits per heavy atom. The first-order valence-electron chi connectivity index (χ1n) is 5.76. The van der Waals surface area contributed by atoms with Crippen LogP contribution in [-0.4, -0.2) is 9.03 Å². The number of hydrogen-bond acceptors (Lipinski definition) is 2. The summed E-state index contributed by atoms with van der Waals surface area (Å²) >= 11 is 3.34. The van der Waals surface area contributed by atoms with Crippen LogP contribution in [0.25, 0.3) is 21.8 Å². The highest BCUT2D eigenvalue weighted by Gasteiger charge is 2.16. The van der Waals surface area contributed by atoms with Gasteiger partial charge in [0, 0.05) is 4.47 Å². The fourth-order valence-electron chi connectivity index (χ4n) is 2.55. The molecule has 0 bridgehead atoms. The Kier molecular flexibility index (Phi) is 1.95. The predicted molar refractivity (Wildman–Crippen MR) is 77.3 cm³/mol. The van der Waals surface area contributed by atoms with Gasteiger partial charge >= 0.3 is 0 Å². The minimum absolute atomic E-state index is 0.270. The Morgan fingerprint density at radius 1 is 0.789 bits per heavy atom. The van der Waals surface area contributed by atoms with E-state index in [1.54, 1.807) is 22.7 Å². The summed E-state index contributed by atoms with van der Waals surface area (Å²) in [5.74, 6) is 0. The first-order valence-corrected chi connectivity index (χ1v) is 6.55. The van der Waals surface area contributed by atoms with Gasteiger partial charge in [0.1, 0.15) is 0 Å². The quantitative estimate of drug-likeness (QED) is 0.499. The summed E-state index contributed by atoms with van der Waals surface area (Å²) in [7, 11) is 0. The van der Waals surface area contributed by atoms with E-state index in [9.17, 15) is 9.59 Å². The molecule has 0 atom stereocenters. The van der Waals surface area contributed by atoms with E-state index in [1.807, 2.05) is 24.3 Å². The van der Waals surface area contributed by atoms with Gasteiger partial charge in [-0.2, -0.15) is 4.52 Å². The molecule has 0 unspecified atom stereocenters. The summed E-state index contributed by atoms with van der Waals surface area (Å²) in [6.07, 6.45) is 0. The maximum Gasteiger partial charge on any atom is 0.282 e. The summed E-state index contributed by atoms with van der Waals surface area (Å²) in [5, 5.41) is 1.10. The highest BCUT2D eigenvalue weighted by atomic mass is 79.9. The van der Waals surface area contributed by atoms with Gasteiger partial charge in [0.2, 0.25) is 0 Å². The highest BCUT2D eigenvalue weighted by Crippen LogP contribution is 2.20. The summed E-state index contributed by atoms with van der Waals surface area (Å²) in [5.41, 5.74) is 0.943. The Labute approximate surface area is 115 Å². The molecule has 0 aliphatic rings. The molecule has 2 aromatic heterocycles. The molecule has 2 heterocycles. The van der Waals surface area contributed by atoms with Gasteiger partial charge in [-0.25, -0.2) is 4.52 Å². The van der Waals surface area contributed by atoms with Gasteiger partial charge in [0.15, 0.2) is 0 Å². The summed E-state index contributed by atoms with van der Waals surface area (Å²) in [6.45, 7) is 0. The zero-order chi connectivity index (χ0) is 13.1. The number of halogens is 1. The molecule has 0 aliphatic carbocycles. The van der Waals surface area contributed by atoms with E-state index in [2.05, 4.69) is 15.9 Å². The second kappa shape index (κ2) is 3.45. The normalized spacial score (nSPS) is 11.8. The number of aromatic nitrogens is 2. The molecule has 2 aromatic carbocycles. The SMILES string of the molecule is O=c1c2ccccc2n2c3ccc(Br)cc3c(=O)n12. The molecule has 4 rings (SSSR count). The zero-order valence-electron chi connectivity index (χ0n) is 9.63. The van der Waals surface area contributed by atoms with Gasteiger partial charge in [-0.05, 0) is 30.3 Å². The van der Waals surface area contributed by atoms with Crippen molar-refractivity contribution < 1.29 is 0 Å². The van der Waals surface area contributed by atoms with Crippen molar-refractivity contribution in [2.45, 2.75) is 0 Å². The van der Waals surface area contributed by atoms with E-state index in [0.717, 1.165) is 15.5 Å². The number of para-hydroxylation sites is 1. The van der Waals surface area contributed by atoms with Crippen molar-refractivity contribution in [3.05, 3.63) is 67.6 Å². The number of rotatable bonds is 0. The van der Waals surface area contributed by atoms with Crippen LogP contribution < -0.4 is 11.1 Å². The van der Waals surface area contributed by atoms with Crippen molar-refractivity contribution in [1.82, 2.24) is 9.03 Å². The summed E-state index contributed by atoms with van der Waals surface area (Å²) in [4.78, 5) is 24.6. The fourth-order valence-corrected chi connectivity index (χ4v) is 2.91. The summed E-state index contributed by atoms with van der Waals surface area (Å²) < 4.78 is 3.70. The molecule has 0 N–H and O–H groups in total. The second-order valence-electron chi connectivity index (χ2n) is 4.41. The van der Waals surface area contributed by atoms with Crippen molar-refractivity contribution in [1.29, 1.82) is 0 Å². The van der Waals surface area contributed by atoms with Crippen molar-refractivity contribution in [3.63, 3.8) is 0 Å². The smallest absolute Gasteiger partial charge is 0.267 e. The average Bonchev–Trinajstić information content (AvgIpc) is 2.87. The van der Waals surface area contributed by atoms with Crippen LogP contribution in [0.15, 0.2) is 56.5 Å². The van der Waals surface area contributed by atoms with Gasteiger partial charge in [0.25, 0.3) is 11.1 Å². The first-order chi connectivity index (χ1) is 9.18. The van der Waals surface area contributed by atoms with Crippen LogP contribution in [0, 0.1) is 0 Å². The predicted octanol–water partition coefficient (Wildman–Crippen LogP) is 2.27. The van der Waals surface area contributed by atoms with Gasteiger partial charge in [-0.15, -0.1) is 0 Å². The molecule has 19 heavy (non-hydrogen) atoms. The van der Waals surface area contributed by atoms with Crippen molar-refractivity contribution in [2.75, 3.05) is 0 Å². The lowest BCUT2D eigenvalue weighted by Gasteiger charge is -1.94. The molecule has 0 radical (unpaired) electrons. The third kappa shape index (κ3) is 1.23. The Balaban J connectivity index is 2.48. The van der Waals surface area contributed by atoms with Crippen LogP contribution in [0.5, 0.6) is 0 Å². The monoisotopic (exact) mass is 314 g/mol. The lowest BCUT2D eigenvalue weighted by molar-refractivity contribution is 0.841. The van der Waals surface area contributed by atoms with Crippen LogP contribution in [0.2, 0.25) is 0 Å². The Morgan fingerprint density at radius 2 is 1.47 bits per heavy atom. The van der Waals surface area contributed by atoms with Crippen LogP contribution in [-0.2, 0) is 0 Å². The van der Waals surface area contributed by atoms with Crippen molar-refractivity contribution >= 4 is 37.7 Å². The molecule has 4 nitrogen and oxygen atoms in total. The van der Waals surface area contributed by atoms with E-state index in [1.165, 1.54) is 4.52 Å². The lowest BCUT2D eigenvalue weighted by Crippen LogP contribution is -2.21. The third-order valence-corrected chi connectivity index (χ3v) is 3.86. The number of nitrogens with zero attached hydrogens (tertiary/aromatic N) is 2. The number of fused-ring (bicyclic) bond motifs is 5. The van der Waals surface area contributed by atoms with E-state index in [0.29, 0.717) is 10.8 Å². The average molecular weight is 315 g/mol. The van der Waals surface area contributed by atoms with E-state index in [-0.39, 0.29) is 11.1 Å². The largest absolute Gasteiger partial charge is 0.282 e. The van der Waals surface area contributed by atoms with Crippen LogP contribution >= 0.6 is 15.9 Å². The molecular weight excluding hydrogens is 308 g/mol. The Hall–Kier alpha value is -2.14. The van der Waals surface area contributed by atoms with Crippen molar-refractivity contribution in [2.24, 2.45) is 0 Å². The molecule has 0 fully saturated rings. The maximum absolute atomic E-state index is 12.4. The number of hydrogen-bond donors (Lipinski definition) is 0. The zero-order valence-corrected chi connectivity index (χ0v) is 11.2. The van der Waals surface area contributed by atoms with Gasteiger partial charge in [-0.3, -0.25) is 9.59 Å².